The van der Waals surface area contributed by atoms with E-state index in [4.69, 9.17) is 116 Å². The third-order valence-corrected chi connectivity index (χ3v) is 11.6. The van der Waals surface area contributed by atoms with Gasteiger partial charge < -0.3 is 9.44 Å². The first-order chi connectivity index (χ1) is 17.0. The maximum atomic E-state index is 6.41. The molecule has 4 rings (SSSR count). The highest BCUT2D eigenvalue weighted by atomic mass is 35.5. The Morgan fingerprint density at radius 1 is 0.444 bits per heavy atom. The Balaban J connectivity index is 1.73. The summed E-state index contributed by atoms with van der Waals surface area (Å²) in [6.45, 7) is 0. The van der Waals surface area contributed by atoms with Crippen LogP contribution in [0.4, 0.5) is 11.4 Å². The van der Waals surface area contributed by atoms with Crippen LogP contribution in [0.15, 0.2) is 46.2 Å². The summed E-state index contributed by atoms with van der Waals surface area (Å²) in [7, 11) is 0. The van der Waals surface area contributed by atoms with Crippen molar-refractivity contribution in [2.75, 3.05) is 9.44 Å². The maximum Gasteiger partial charge on any atom is 0.0809 e. The fraction of sp³-hybridized carbons (Fsp3) is 0. The van der Waals surface area contributed by atoms with Crippen molar-refractivity contribution in [1.82, 2.24) is 0 Å². The first kappa shape index (κ1) is 29.3. The fourth-order valence-corrected chi connectivity index (χ4v) is 7.56. The minimum Gasteiger partial charge on any atom is -0.324 e. The Labute approximate surface area is 265 Å². The van der Waals surface area contributed by atoms with Gasteiger partial charge in [-0.2, -0.15) is 0 Å². The van der Waals surface area contributed by atoms with Gasteiger partial charge in [-0.25, -0.2) is 0 Å². The van der Waals surface area contributed by atoms with Gasteiger partial charge in [0.05, 0.1) is 71.4 Å². The van der Waals surface area contributed by atoms with Crippen LogP contribution in [-0.2, 0) is 0 Å². The largest absolute Gasteiger partial charge is 0.324 e. The zero-order valence-electron chi connectivity index (χ0n) is 17.1. The van der Waals surface area contributed by atoms with Gasteiger partial charge in [0.2, 0.25) is 0 Å². The Morgan fingerprint density at radius 3 is 1.36 bits per heavy atom. The van der Waals surface area contributed by atoms with Crippen LogP contribution >= 0.6 is 140 Å². The number of rotatable bonds is 6. The SMILES string of the molecule is Clc1c(Cl)c(Cl)c(SNc2ccc3ccccc3c2NSc2c(Cl)c(Cl)c(Cl)c(Cl)c2Cl)c(Cl)c1Cl. The van der Waals surface area contributed by atoms with Crippen molar-refractivity contribution in [2.24, 2.45) is 0 Å². The molecule has 0 saturated carbocycles. The summed E-state index contributed by atoms with van der Waals surface area (Å²) >= 11 is 65.0. The number of hydrogen-bond donors (Lipinski definition) is 2. The van der Waals surface area contributed by atoms with E-state index < -0.39 is 0 Å². The van der Waals surface area contributed by atoms with Gasteiger partial charge in [0, 0.05) is 5.39 Å². The van der Waals surface area contributed by atoms with Crippen LogP contribution in [0.2, 0.25) is 50.2 Å². The molecule has 0 heterocycles. The molecule has 0 aromatic heterocycles. The van der Waals surface area contributed by atoms with Gasteiger partial charge in [0.25, 0.3) is 0 Å². The highest BCUT2D eigenvalue weighted by Crippen LogP contribution is 2.50. The van der Waals surface area contributed by atoms with Gasteiger partial charge in [-0.1, -0.05) is 146 Å². The smallest absolute Gasteiger partial charge is 0.0809 e. The fourth-order valence-electron chi connectivity index (χ4n) is 3.02. The molecule has 0 fully saturated rings. The molecule has 188 valence electrons. The second kappa shape index (κ2) is 12.2. The zero-order valence-corrected chi connectivity index (χ0v) is 26.3. The maximum absolute atomic E-state index is 6.41. The molecule has 14 heteroatoms. The molecule has 0 bridgehead atoms. The molecule has 4 aromatic rings. The van der Waals surface area contributed by atoms with Crippen LogP contribution in [-0.4, -0.2) is 0 Å². The molecule has 0 aliphatic heterocycles. The lowest BCUT2D eigenvalue weighted by molar-refractivity contribution is 1.46. The Morgan fingerprint density at radius 2 is 0.861 bits per heavy atom. The van der Waals surface area contributed by atoms with Crippen molar-refractivity contribution in [3.8, 4) is 0 Å². The summed E-state index contributed by atoms with van der Waals surface area (Å²) in [4.78, 5) is 0.818. The number of anilines is 2. The van der Waals surface area contributed by atoms with Crippen molar-refractivity contribution in [1.29, 1.82) is 0 Å². The lowest BCUT2D eigenvalue weighted by Crippen LogP contribution is -1.97. The van der Waals surface area contributed by atoms with Gasteiger partial charge in [0.15, 0.2) is 0 Å². The highest BCUT2D eigenvalue weighted by molar-refractivity contribution is 8.01. The first-order valence-electron chi connectivity index (χ1n) is 9.44. The van der Waals surface area contributed by atoms with Gasteiger partial charge in [-0.15, -0.1) is 0 Å². The molecular formula is C22H8Cl10N2S2. The van der Waals surface area contributed by atoms with Crippen LogP contribution in [0.25, 0.3) is 10.8 Å². The van der Waals surface area contributed by atoms with Crippen LogP contribution < -0.4 is 9.44 Å². The van der Waals surface area contributed by atoms with E-state index >= 15 is 0 Å². The molecule has 0 unspecified atom stereocenters. The van der Waals surface area contributed by atoms with Crippen molar-refractivity contribution in [3.63, 3.8) is 0 Å². The number of halogens is 10. The highest BCUT2D eigenvalue weighted by Gasteiger charge is 2.22. The quantitative estimate of drug-likeness (QED) is 0.118. The van der Waals surface area contributed by atoms with Gasteiger partial charge in [0.1, 0.15) is 0 Å². The van der Waals surface area contributed by atoms with Crippen molar-refractivity contribution in [2.45, 2.75) is 9.79 Å². The van der Waals surface area contributed by atoms with E-state index in [1.54, 1.807) is 0 Å². The average Bonchev–Trinajstić information content (AvgIpc) is 2.88. The summed E-state index contributed by atoms with van der Waals surface area (Å²) in [5.74, 6) is 0. The Kier molecular flexibility index (Phi) is 9.97. The molecule has 2 N–H and O–H groups in total. The van der Waals surface area contributed by atoms with E-state index in [0.29, 0.717) is 21.2 Å². The molecule has 0 amide bonds. The summed E-state index contributed by atoms with van der Waals surface area (Å²) in [6, 6.07) is 11.6. The normalized spacial score (nSPS) is 11.3. The molecule has 0 saturated heterocycles. The monoisotopic (exact) mass is 714 g/mol. The number of fused-ring (bicyclic) bond motifs is 1. The molecule has 0 radical (unpaired) electrons. The third kappa shape index (κ3) is 5.63. The molecule has 36 heavy (non-hydrogen) atoms. The molecule has 0 aliphatic rings. The average molecular weight is 719 g/mol. The van der Waals surface area contributed by atoms with Crippen molar-refractivity contribution >= 4 is 162 Å². The summed E-state index contributed by atoms with van der Waals surface area (Å²) in [5, 5.41) is 3.12. The lowest BCUT2D eigenvalue weighted by atomic mass is 10.1. The number of hydrogen-bond acceptors (Lipinski definition) is 4. The lowest BCUT2D eigenvalue weighted by Gasteiger charge is -2.18. The van der Waals surface area contributed by atoms with E-state index in [-0.39, 0.29) is 50.2 Å². The Bertz CT molecular complexity index is 1450. The Hall–Kier alpha value is 0.340. The minimum absolute atomic E-state index is 0.0793. The molecule has 4 aromatic carbocycles. The van der Waals surface area contributed by atoms with Gasteiger partial charge in [-0.05, 0) is 35.3 Å². The molecule has 2 nitrogen and oxygen atoms in total. The predicted molar refractivity (Wildman–Crippen MR) is 166 cm³/mol. The molecule has 0 atom stereocenters. The van der Waals surface area contributed by atoms with Gasteiger partial charge in [-0.3, -0.25) is 0 Å². The van der Waals surface area contributed by atoms with E-state index in [1.807, 2.05) is 36.4 Å². The molecule has 0 spiro atoms. The standard InChI is InChI=1S/C22H8Cl10N2S2/c23-10-12(25)16(29)21(17(30)13(10)26)35-33-9-6-5-7-3-1-2-4-8(7)20(9)34-36-22-18(31)14(27)11(24)15(28)19(22)32/h1-6,33-34H. The second-order valence-corrected chi connectivity index (χ2v) is 12.3. The molecule has 0 aliphatic carbocycles. The van der Waals surface area contributed by atoms with Crippen molar-refractivity contribution in [3.05, 3.63) is 86.6 Å². The third-order valence-electron chi connectivity index (χ3n) is 4.79. The van der Waals surface area contributed by atoms with E-state index in [9.17, 15) is 0 Å². The summed E-state index contributed by atoms with van der Waals surface area (Å²) in [6.07, 6.45) is 0. The minimum atomic E-state index is 0.0793. The van der Waals surface area contributed by atoms with E-state index in [2.05, 4.69) is 9.44 Å². The van der Waals surface area contributed by atoms with E-state index in [1.165, 1.54) is 0 Å². The van der Waals surface area contributed by atoms with E-state index in [0.717, 1.165) is 34.7 Å². The second-order valence-electron chi connectivity index (χ2n) is 6.92. The molecular weight excluding hydrogens is 711 g/mol. The first-order valence-corrected chi connectivity index (χ1v) is 14.9. The van der Waals surface area contributed by atoms with Gasteiger partial charge >= 0.3 is 0 Å². The van der Waals surface area contributed by atoms with Crippen LogP contribution in [0, 0.1) is 0 Å². The van der Waals surface area contributed by atoms with Crippen LogP contribution in [0.1, 0.15) is 0 Å². The van der Waals surface area contributed by atoms with Crippen molar-refractivity contribution < 1.29 is 0 Å². The zero-order chi connectivity index (χ0) is 26.3. The van der Waals surface area contributed by atoms with Crippen LogP contribution in [0.3, 0.4) is 0 Å². The summed E-state index contributed by atoms with van der Waals surface area (Å²) in [5.41, 5.74) is 1.39. The number of nitrogens with one attached hydrogen (secondary N) is 2. The van der Waals surface area contributed by atoms with Crippen LogP contribution in [0.5, 0.6) is 0 Å². The number of benzene rings is 4. The summed E-state index contributed by atoms with van der Waals surface area (Å²) < 4.78 is 6.54. The topological polar surface area (TPSA) is 24.1 Å². The predicted octanol–water partition coefficient (Wildman–Crippen LogP) is 13.6.